The number of carbonyl (C=O) groups excluding carboxylic acids is 2. The summed E-state index contributed by atoms with van der Waals surface area (Å²) in [6.45, 7) is 3.94. The van der Waals surface area contributed by atoms with Crippen LogP contribution in [0.1, 0.15) is 16.7 Å². The maximum Gasteiger partial charge on any atom is 0.359 e. The highest BCUT2D eigenvalue weighted by molar-refractivity contribution is 6.54. The number of ether oxygens (including phenoxy) is 1. The Hall–Kier alpha value is -4.69. The minimum absolute atomic E-state index is 0.0424. The van der Waals surface area contributed by atoms with Gasteiger partial charge in [0, 0.05) is 16.0 Å². The number of anilines is 2. The number of esters is 1. The molecular weight excluding hydrogens is 504 g/mol. The van der Waals surface area contributed by atoms with E-state index in [1.54, 1.807) is 30.3 Å². The summed E-state index contributed by atoms with van der Waals surface area (Å²) in [6.07, 6.45) is 2.99. The Bertz CT molecular complexity index is 1690. The molecule has 3 aromatic carbocycles. The first-order chi connectivity index (χ1) is 18.3. The third-order valence-corrected chi connectivity index (χ3v) is 6.20. The van der Waals surface area contributed by atoms with Crippen molar-refractivity contribution >= 4 is 57.6 Å². The second kappa shape index (κ2) is 10.4. The van der Waals surface area contributed by atoms with E-state index in [0.29, 0.717) is 32.6 Å². The van der Waals surface area contributed by atoms with Gasteiger partial charge in [-0.3, -0.25) is 10.2 Å². The maximum atomic E-state index is 13.5. The zero-order valence-electron chi connectivity index (χ0n) is 20.9. The van der Waals surface area contributed by atoms with Crippen LogP contribution in [-0.2, 0) is 14.3 Å². The van der Waals surface area contributed by atoms with Crippen LogP contribution in [0.15, 0.2) is 93.2 Å². The molecule has 9 heteroatoms. The molecule has 1 aliphatic rings. The summed E-state index contributed by atoms with van der Waals surface area (Å²) in [6, 6.07) is 20.1. The molecule has 5 rings (SSSR count). The molecule has 0 aliphatic carbocycles. The summed E-state index contributed by atoms with van der Waals surface area (Å²) in [5, 5.41) is 11.7. The quantitative estimate of drug-likeness (QED) is 0.208. The van der Waals surface area contributed by atoms with Crippen LogP contribution in [0.2, 0.25) is 5.02 Å². The van der Waals surface area contributed by atoms with Crippen molar-refractivity contribution in [1.82, 2.24) is 0 Å². The lowest BCUT2D eigenvalue weighted by molar-refractivity contribution is -0.132. The zero-order valence-corrected chi connectivity index (χ0v) is 21.6. The molecule has 0 saturated heterocycles. The number of amides is 1. The SMILES string of the molecule is COC(=O)C1=NN(c2ccc(C)cc2)C(=O)/C1=C\c1coc2ccc(Cl)cc2/c1=N\Nc1ccc(C)cc1. The molecule has 1 N–H and O–H groups in total. The molecule has 0 fully saturated rings. The number of hydrogen-bond acceptors (Lipinski definition) is 7. The Morgan fingerprint density at radius 3 is 2.42 bits per heavy atom. The molecule has 1 aromatic heterocycles. The minimum atomic E-state index is -0.740. The Morgan fingerprint density at radius 1 is 1.05 bits per heavy atom. The van der Waals surface area contributed by atoms with Gasteiger partial charge in [0.25, 0.3) is 5.91 Å². The number of rotatable bonds is 5. The topological polar surface area (TPSA) is 96.5 Å². The molecule has 1 aliphatic heterocycles. The normalized spacial score (nSPS) is 14.8. The van der Waals surface area contributed by atoms with Gasteiger partial charge in [-0.25, -0.2) is 4.79 Å². The molecule has 0 unspecified atom stereocenters. The Labute approximate surface area is 223 Å². The largest absolute Gasteiger partial charge is 0.464 e. The van der Waals surface area contributed by atoms with Crippen molar-refractivity contribution in [2.24, 2.45) is 10.2 Å². The first-order valence-electron chi connectivity index (χ1n) is 11.7. The lowest BCUT2D eigenvalue weighted by Crippen LogP contribution is -2.23. The van der Waals surface area contributed by atoms with Gasteiger partial charge >= 0.3 is 5.97 Å². The van der Waals surface area contributed by atoms with E-state index in [1.165, 1.54) is 24.5 Å². The van der Waals surface area contributed by atoms with Crippen molar-refractivity contribution in [3.8, 4) is 0 Å². The van der Waals surface area contributed by atoms with Gasteiger partial charge in [0.15, 0.2) is 5.71 Å². The number of methoxy groups -OCH3 is 1. The lowest BCUT2D eigenvalue weighted by atomic mass is 10.1. The molecule has 0 spiro atoms. The molecule has 0 saturated carbocycles. The fourth-order valence-corrected chi connectivity index (χ4v) is 4.08. The third kappa shape index (κ3) is 4.94. The number of fused-ring (bicyclic) bond motifs is 1. The molecule has 190 valence electrons. The maximum absolute atomic E-state index is 13.5. The van der Waals surface area contributed by atoms with Crippen molar-refractivity contribution in [2.45, 2.75) is 13.8 Å². The number of benzene rings is 3. The number of nitrogens with one attached hydrogen (secondary N) is 1. The average Bonchev–Trinajstić information content (AvgIpc) is 3.24. The number of hydrogen-bond donors (Lipinski definition) is 1. The van der Waals surface area contributed by atoms with Gasteiger partial charge in [-0.15, -0.1) is 0 Å². The molecular formula is C29H23ClN4O4. The van der Waals surface area contributed by atoms with E-state index < -0.39 is 11.9 Å². The van der Waals surface area contributed by atoms with Gasteiger partial charge in [0.1, 0.15) is 17.2 Å². The van der Waals surface area contributed by atoms with Crippen molar-refractivity contribution in [3.05, 3.63) is 106 Å². The van der Waals surface area contributed by atoms with Gasteiger partial charge < -0.3 is 9.15 Å². The molecule has 2 heterocycles. The van der Waals surface area contributed by atoms with Crippen molar-refractivity contribution in [1.29, 1.82) is 0 Å². The molecule has 8 nitrogen and oxygen atoms in total. The van der Waals surface area contributed by atoms with Gasteiger partial charge in [-0.1, -0.05) is 47.0 Å². The van der Waals surface area contributed by atoms with Crippen LogP contribution in [0.3, 0.4) is 0 Å². The number of carbonyl (C=O) groups is 2. The average molecular weight is 527 g/mol. The number of halogens is 1. The van der Waals surface area contributed by atoms with Crippen molar-refractivity contribution in [2.75, 3.05) is 17.5 Å². The smallest absolute Gasteiger partial charge is 0.359 e. The molecule has 1 amide bonds. The van der Waals surface area contributed by atoms with Crippen LogP contribution >= 0.6 is 11.6 Å². The Morgan fingerprint density at radius 2 is 1.74 bits per heavy atom. The first kappa shape index (κ1) is 25.0. The summed E-state index contributed by atoms with van der Waals surface area (Å²) in [4.78, 5) is 26.1. The van der Waals surface area contributed by atoms with Crippen LogP contribution in [0.4, 0.5) is 11.4 Å². The number of nitrogens with zero attached hydrogens (tertiary/aromatic N) is 3. The monoisotopic (exact) mass is 526 g/mol. The highest BCUT2D eigenvalue weighted by Crippen LogP contribution is 2.26. The summed E-state index contributed by atoms with van der Waals surface area (Å²) in [5.41, 5.74) is 7.38. The minimum Gasteiger partial charge on any atom is -0.464 e. The van der Waals surface area contributed by atoms with Gasteiger partial charge in [-0.05, 0) is 62.4 Å². The second-order valence-electron chi connectivity index (χ2n) is 8.72. The summed E-state index contributed by atoms with van der Waals surface area (Å²) < 4.78 is 10.7. The Balaban J connectivity index is 1.66. The molecule has 4 aromatic rings. The summed E-state index contributed by atoms with van der Waals surface area (Å²) in [7, 11) is 1.24. The molecule has 0 radical (unpaired) electrons. The summed E-state index contributed by atoms with van der Waals surface area (Å²) >= 11 is 6.29. The highest BCUT2D eigenvalue weighted by Gasteiger charge is 2.36. The van der Waals surface area contributed by atoms with Crippen LogP contribution < -0.4 is 15.8 Å². The molecule has 0 bridgehead atoms. The predicted molar refractivity (Wildman–Crippen MR) is 148 cm³/mol. The van der Waals surface area contributed by atoms with Gasteiger partial charge in [0.2, 0.25) is 0 Å². The fraction of sp³-hybridized carbons (Fsp3) is 0.103. The van der Waals surface area contributed by atoms with E-state index >= 15 is 0 Å². The number of hydrazone groups is 1. The van der Waals surface area contributed by atoms with Crippen LogP contribution in [0, 0.1) is 13.8 Å². The van der Waals surface area contributed by atoms with Crippen molar-refractivity contribution in [3.63, 3.8) is 0 Å². The Kier molecular flexibility index (Phi) is 6.81. The van der Waals surface area contributed by atoms with E-state index in [0.717, 1.165) is 16.8 Å². The highest BCUT2D eigenvalue weighted by atomic mass is 35.5. The van der Waals surface area contributed by atoms with Crippen molar-refractivity contribution < 1.29 is 18.7 Å². The lowest BCUT2D eigenvalue weighted by Gasteiger charge is -2.11. The third-order valence-electron chi connectivity index (χ3n) is 5.97. The van der Waals surface area contributed by atoms with Crippen LogP contribution in [-0.4, -0.2) is 24.7 Å². The predicted octanol–water partition coefficient (Wildman–Crippen LogP) is 5.59. The van der Waals surface area contributed by atoms with Crippen LogP contribution in [0.25, 0.3) is 17.0 Å². The van der Waals surface area contributed by atoms with E-state index in [4.69, 9.17) is 20.8 Å². The standard InChI is InChI=1S/C29H23ClN4O4/c1-17-4-9-21(10-5-17)31-32-26-19(16-38-25-13-8-20(30)15-23(25)26)14-24-27(29(36)37-3)33-34(28(24)35)22-11-6-18(2)7-12-22/h4-16,31H,1-3H3/b24-14-,32-26-. The first-order valence-corrected chi connectivity index (χ1v) is 12.1. The molecule has 38 heavy (non-hydrogen) atoms. The van der Waals surface area contributed by atoms with Gasteiger partial charge in [-0.2, -0.15) is 15.2 Å². The van der Waals surface area contributed by atoms with E-state index in [9.17, 15) is 9.59 Å². The second-order valence-corrected chi connectivity index (χ2v) is 9.16. The fourth-order valence-electron chi connectivity index (χ4n) is 3.91. The summed E-state index contributed by atoms with van der Waals surface area (Å²) in [5.74, 6) is -1.23. The van der Waals surface area contributed by atoms with Gasteiger partial charge in [0.05, 0.1) is 24.1 Å². The van der Waals surface area contributed by atoms with E-state index in [-0.39, 0.29) is 11.3 Å². The van der Waals surface area contributed by atoms with E-state index in [1.807, 2.05) is 50.2 Å². The zero-order chi connectivity index (χ0) is 26.8. The van der Waals surface area contributed by atoms with E-state index in [2.05, 4.69) is 15.6 Å². The number of aryl methyl sites for hydroxylation is 2. The molecule has 0 atom stereocenters. The van der Waals surface area contributed by atoms with Crippen LogP contribution in [0.5, 0.6) is 0 Å².